The molecule has 2 rings (SSSR count). The molecule has 0 amide bonds. The van der Waals surface area contributed by atoms with Gasteiger partial charge in [0, 0.05) is 22.7 Å². The molecule has 1 heterocycles. The quantitative estimate of drug-likeness (QED) is 0.620. The van der Waals surface area contributed by atoms with Gasteiger partial charge >= 0.3 is 0 Å². The lowest BCUT2D eigenvalue weighted by atomic mass is 10.2. The SMILES string of the molecule is Cc1nc(Cl)nc(Cl)c1CCOc1cccc(Cl)c1. The Morgan fingerprint density at radius 2 is 1.95 bits per heavy atom. The van der Waals surface area contributed by atoms with Crippen LogP contribution in [0, 0.1) is 6.92 Å². The van der Waals surface area contributed by atoms with Gasteiger partial charge in [-0.25, -0.2) is 9.97 Å². The second kappa shape index (κ2) is 6.42. The molecule has 0 aliphatic heterocycles. The highest BCUT2D eigenvalue weighted by Gasteiger charge is 2.09. The molecule has 0 unspecified atom stereocenters. The Hall–Kier alpha value is -1.03. The summed E-state index contributed by atoms with van der Waals surface area (Å²) in [6.07, 6.45) is 0.606. The molecule has 2 aromatic rings. The van der Waals surface area contributed by atoms with Crippen molar-refractivity contribution in [3.63, 3.8) is 0 Å². The van der Waals surface area contributed by atoms with Gasteiger partial charge in [-0.15, -0.1) is 0 Å². The van der Waals surface area contributed by atoms with Gasteiger partial charge in [-0.05, 0) is 36.7 Å². The van der Waals surface area contributed by atoms with Gasteiger partial charge < -0.3 is 4.74 Å². The summed E-state index contributed by atoms with van der Waals surface area (Å²) in [6.45, 7) is 2.31. The largest absolute Gasteiger partial charge is 0.493 e. The zero-order valence-electron chi connectivity index (χ0n) is 10.2. The number of aryl methyl sites for hydroxylation is 1. The molecule has 0 aliphatic carbocycles. The van der Waals surface area contributed by atoms with E-state index in [1.165, 1.54) is 0 Å². The average Bonchev–Trinajstić information content (AvgIpc) is 2.32. The predicted molar refractivity (Wildman–Crippen MR) is 77.4 cm³/mol. The fourth-order valence-corrected chi connectivity index (χ4v) is 2.39. The Balaban J connectivity index is 2.00. The molecule has 1 aromatic carbocycles. The normalized spacial score (nSPS) is 10.5. The van der Waals surface area contributed by atoms with E-state index in [2.05, 4.69) is 9.97 Å². The summed E-state index contributed by atoms with van der Waals surface area (Å²) >= 11 is 17.6. The third-order valence-corrected chi connectivity index (χ3v) is 3.27. The highest BCUT2D eigenvalue weighted by Crippen LogP contribution is 2.20. The van der Waals surface area contributed by atoms with E-state index in [1.54, 1.807) is 12.1 Å². The summed E-state index contributed by atoms with van der Waals surface area (Å²) in [7, 11) is 0. The maximum absolute atomic E-state index is 6.03. The molecular weight excluding hydrogens is 307 g/mol. The van der Waals surface area contributed by atoms with Gasteiger partial charge in [0.1, 0.15) is 10.9 Å². The molecule has 1 aromatic heterocycles. The van der Waals surface area contributed by atoms with Gasteiger partial charge in [0.15, 0.2) is 0 Å². The number of aromatic nitrogens is 2. The molecule has 0 fully saturated rings. The van der Waals surface area contributed by atoms with E-state index in [1.807, 2.05) is 19.1 Å². The van der Waals surface area contributed by atoms with Crippen molar-refractivity contribution < 1.29 is 4.74 Å². The molecular formula is C13H11Cl3N2O. The van der Waals surface area contributed by atoms with E-state index in [-0.39, 0.29) is 5.28 Å². The highest BCUT2D eigenvalue weighted by molar-refractivity contribution is 6.32. The van der Waals surface area contributed by atoms with Crippen LogP contribution < -0.4 is 4.74 Å². The summed E-state index contributed by atoms with van der Waals surface area (Å²) < 4.78 is 5.60. The van der Waals surface area contributed by atoms with E-state index in [0.717, 1.165) is 17.0 Å². The number of rotatable bonds is 4. The molecule has 0 spiro atoms. The molecule has 0 bridgehead atoms. The number of nitrogens with zero attached hydrogens (tertiary/aromatic N) is 2. The first-order valence-electron chi connectivity index (χ1n) is 5.63. The summed E-state index contributed by atoms with van der Waals surface area (Å²) in [5.41, 5.74) is 1.60. The molecule has 19 heavy (non-hydrogen) atoms. The van der Waals surface area contributed by atoms with Gasteiger partial charge in [0.05, 0.1) is 6.61 Å². The summed E-state index contributed by atoms with van der Waals surface area (Å²) in [4.78, 5) is 7.98. The first-order chi connectivity index (χ1) is 9.06. The minimum atomic E-state index is 0.155. The number of hydrogen-bond acceptors (Lipinski definition) is 3. The Bertz CT molecular complexity index is 567. The van der Waals surface area contributed by atoms with Crippen LogP contribution in [0.3, 0.4) is 0 Å². The smallest absolute Gasteiger partial charge is 0.224 e. The third kappa shape index (κ3) is 3.96. The van der Waals surface area contributed by atoms with Crippen molar-refractivity contribution in [2.75, 3.05) is 6.61 Å². The number of hydrogen-bond donors (Lipinski definition) is 0. The maximum Gasteiger partial charge on any atom is 0.224 e. The molecule has 0 N–H and O–H groups in total. The summed E-state index contributed by atoms with van der Waals surface area (Å²) in [5.74, 6) is 0.719. The number of ether oxygens (including phenoxy) is 1. The second-order valence-corrected chi connectivity index (χ2v) is 5.04. The van der Waals surface area contributed by atoms with Gasteiger partial charge in [-0.1, -0.05) is 29.3 Å². The van der Waals surface area contributed by atoms with Crippen LogP contribution in [-0.2, 0) is 6.42 Å². The molecule has 3 nitrogen and oxygen atoms in total. The Kier molecular flexibility index (Phi) is 4.86. The highest BCUT2D eigenvalue weighted by atomic mass is 35.5. The zero-order valence-corrected chi connectivity index (χ0v) is 12.4. The van der Waals surface area contributed by atoms with Crippen molar-refractivity contribution in [1.82, 2.24) is 9.97 Å². The lowest BCUT2D eigenvalue weighted by Gasteiger charge is -2.09. The average molecular weight is 318 g/mol. The van der Waals surface area contributed by atoms with Crippen LogP contribution in [0.25, 0.3) is 0 Å². The molecule has 0 saturated heterocycles. The minimum Gasteiger partial charge on any atom is -0.493 e. The molecule has 0 aliphatic rings. The van der Waals surface area contributed by atoms with E-state index in [0.29, 0.717) is 23.2 Å². The van der Waals surface area contributed by atoms with Crippen LogP contribution in [0.1, 0.15) is 11.3 Å². The van der Waals surface area contributed by atoms with Crippen LogP contribution in [0.2, 0.25) is 15.5 Å². The van der Waals surface area contributed by atoms with Gasteiger partial charge in [0.25, 0.3) is 0 Å². The van der Waals surface area contributed by atoms with Gasteiger partial charge in [-0.3, -0.25) is 0 Å². The van der Waals surface area contributed by atoms with E-state index < -0.39 is 0 Å². The lowest BCUT2D eigenvalue weighted by Crippen LogP contribution is -2.05. The van der Waals surface area contributed by atoms with Crippen LogP contribution in [0.4, 0.5) is 0 Å². The Morgan fingerprint density at radius 1 is 1.16 bits per heavy atom. The van der Waals surface area contributed by atoms with Crippen molar-refractivity contribution in [1.29, 1.82) is 0 Å². The van der Waals surface area contributed by atoms with Crippen LogP contribution in [0.15, 0.2) is 24.3 Å². The summed E-state index contributed by atoms with van der Waals surface area (Å²) in [5, 5.41) is 1.16. The second-order valence-electron chi connectivity index (χ2n) is 3.90. The fraction of sp³-hybridized carbons (Fsp3) is 0.231. The zero-order chi connectivity index (χ0) is 13.8. The van der Waals surface area contributed by atoms with E-state index >= 15 is 0 Å². The summed E-state index contributed by atoms with van der Waals surface area (Å²) in [6, 6.07) is 7.23. The lowest BCUT2D eigenvalue weighted by molar-refractivity contribution is 0.321. The van der Waals surface area contributed by atoms with Crippen LogP contribution >= 0.6 is 34.8 Å². The van der Waals surface area contributed by atoms with Crippen molar-refractivity contribution in [2.24, 2.45) is 0 Å². The maximum atomic E-state index is 6.03. The minimum absolute atomic E-state index is 0.155. The standard InChI is InChI=1S/C13H11Cl3N2O/c1-8-11(12(15)18-13(16)17-8)5-6-19-10-4-2-3-9(14)7-10/h2-4,7H,5-6H2,1H3. The third-order valence-electron chi connectivity index (χ3n) is 2.55. The van der Waals surface area contributed by atoms with Gasteiger partial charge in [-0.2, -0.15) is 0 Å². The monoisotopic (exact) mass is 316 g/mol. The fourth-order valence-electron chi connectivity index (χ4n) is 1.64. The van der Waals surface area contributed by atoms with E-state index in [4.69, 9.17) is 39.5 Å². The van der Waals surface area contributed by atoms with Crippen molar-refractivity contribution in [3.8, 4) is 5.75 Å². The molecule has 6 heteroatoms. The molecule has 100 valence electrons. The first kappa shape index (κ1) is 14.4. The molecule has 0 atom stereocenters. The van der Waals surface area contributed by atoms with E-state index in [9.17, 15) is 0 Å². The number of benzene rings is 1. The van der Waals surface area contributed by atoms with Crippen molar-refractivity contribution in [2.45, 2.75) is 13.3 Å². The molecule has 0 saturated carbocycles. The molecule has 0 radical (unpaired) electrons. The van der Waals surface area contributed by atoms with Crippen molar-refractivity contribution >= 4 is 34.8 Å². The Labute approximate surface area is 126 Å². The first-order valence-corrected chi connectivity index (χ1v) is 6.76. The Morgan fingerprint density at radius 3 is 2.63 bits per heavy atom. The topological polar surface area (TPSA) is 35.0 Å². The van der Waals surface area contributed by atoms with Crippen LogP contribution in [-0.4, -0.2) is 16.6 Å². The van der Waals surface area contributed by atoms with Gasteiger partial charge in [0.2, 0.25) is 5.28 Å². The number of halogens is 3. The van der Waals surface area contributed by atoms with Crippen molar-refractivity contribution in [3.05, 3.63) is 51.0 Å². The van der Waals surface area contributed by atoms with Crippen LogP contribution in [0.5, 0.6) is 5.75 Å². The predicted octanol–water partition coefficient (Wildman–Crippen LogP) is 4.37.